The van der Waals surface area contributed by atoms with Crippen LogP contribution in [0.15, 0.2) is 4.99 Å². The Morgan fingerprint density at radius 3 is 2.53 bits per heavy atom. The van der Waals surface area contributed by atoms with Crippen LogP contribution in [0.4, 0.5) is 4.79 Å². The van der Waals surface area contributed by atoms with Gasteiger partial charge in [-0.05, 0) is 27.7 Å². The molecule has 1 unspecified atom stereocenters. The van der Waals surface area contributed by atoms with Crippen LogP contribution >= 0.6 is 0 Å². The lowest BCUT2D eigenvalue weighted by Gasteiger charge is -2.26. The van der Waals surface area contributed by atoms with Crippen molar-refractivity contribution in [3.8, 4) is 0 Å². The van der Waals surface area contributed by atoms with Gasteiger partial charge >= 0.3 is 6.09 Å². The molecule has 0 spiro atoms. The van der Waals surface area contributed by atoms with Gasteiger partial charge in [0, 0.05) is 25.7 Å². The Morgan fingerprint density at radius 2 is 2.13 bits per heavy atom. The van der Waals surface area contributed by atoms with Gasteiger partial charge in [0.2, 0.25) is 0 Å². The number of aliphatic imine (C=N–C) groups is 1. The highest BCUT2D eigenvalue weighted by Crippen LogP contribution is 2.18. The molecule has 0 aromatic rings. The predicted octanol–water partition coefficient (Wildman–Crippen LogP) is 2.09. The molecule has 0 aromatic carbocycles. The Labute approximate surface area is 91.3 Å². The summed E-state index contributed by atoms with van der Waals surface area (Å²) < 4.78 is 5.32. The van der Waals surface area contributed by atoms with E-state index >= 15 is 0 Å². The fraction of sp³-hybridized carbons (Fsp3) is 0.818. The van der Waals surface area contributed by atoms with E-state index in [2.05, 4.69) is 4.99 Å². The summed E-state index contributed by atoms with van der Waals surface area (Å²) in [6, 6.07) is 0.0739. The largest absolute Gasteiger partial charge is 0.444 e. The maximum absolute atomic E-state index is 11.8. The third-order valence-electron chi connectivity index (χ3n) is 2.47. The summed E-state index contributed by atoms with van der Waals surface area (Å²) in [6.45, 7) is 8.32. The Bertz CT molecular complexity index is 279. The zero-order valence-corrected chi connectivity index (χ0v) is 10.2. The normalized spacial score (nSPS) is 24.7. The lowest BCUT2D eigenvalue weighted by atomic mass is 10.2. The molecule has 1 fully saturated rings. The van der Waals surface area contributed by atoms with E-state index in [1.54, 1.807) is 11.9 Å². The fourth-order valence-corrected chi connectivity index (χ4v) is 1.69. The highest BCUT2D eigenvalue weighted by Gasteiger charge is 2.32. The van der Waals surface area contributed by atoms with Crippen LogP contribution in [0.2, 0.25) is 0 Å². The SMILES string of the molecule is CN=C1CCN(C(=O)OC(C)(C)C)C1C. The van der Waals surface area contributed by atoms with E-state index in [4.69, 9.17) is 4.74 Å². The first-order chi connectivity index (χ1) is 6.85. The monoisotopic (exact) mass is 212 g/mol. The van der Waals surface area contributed by atoms with E-state index in [1.165, 1.54) is 0 Å². The first-order valence-corrected chi connectivity index (χ1v) is 5.30. The maximum Gasteiger partial charge on any atom is 0.410 e. The molecule has 0 N–H and O–H groups in total. The van der Waals surface area contributed by atoms with Crippen molar-refractivity contribution in [2.45, 2.75) is 45.8 Å². The van der Waals surface area contributed by atoms with Crippen LogP contribution in [-0.2, 0) is 4.74 Å². The average Bonchev–Trinajstić information content (AvgIpc) is 2.43. The van der Waals surface area contributed by atoms with Gasteiger partial charge in [-0.3, -0.25) is 9.89 Å². The average molecular weight is 212 g/mol. The van der Waals surface area contributed by atoms with Crippen LogP contribution in [0, 0.1) is 0 Å². The number of hydrogen-bond acceptors (Lipinski definition) is 3. The molecule has 4 nitrogen and oxygen atoms in total. The van der Waals surface area contributed by atoms with Crippen LogP contribution < -0.4 is 0 Å². The lowest BCUT2D eigenvalue weighted by molar-refractivity contribution is 0.0256. The van der Waals surface area contributed by atoms with Crippen molar-refractivity contribution in [2.75, 3.05) is 13.6 Å². The number of hydrogen-bond donors (Lipinski definition) is 0. The van der Waals surface area contributed by atoms with Crippen molar-refractivity contribution in [3.63, 3.8) is 0 Å². The number of likely N-dealkylation sites (tertiary alicyclic amines) is 1. The van der Waals surface area contributed by atoms with Gasteiger partial charge < -0.3 is 4.74 Å². The molecule has 0 radical (unpaired) electrons. The quantitative estimate of drug-likeness (QED) is 0.617. The van der Waals surface area contributed by atoms with Crippen molar-refractivity contribution in [1.82, 2.24) is 4.90 Å². The third kappa shape index (κ3) is 2.94. The number of ether oxygens (including phenoxy) is 1. The molecule has 0 saturated carbocycles. The van der Waals surface area contributed by atoms with Gasteiger partial charge in [0.1, 0.15) is 5.60 Å². The molecule has 1 heterocycles. The summed E-state index contributed by atoms with van der Waals surface area (Å²) in [5, 5.41) is 0. The molecule has 1 saturated heterocycles. The van der Waals surface area contributed by atoms with Crippen molar-refractivity contribution >= 4 is 11.8 Å². The minimum atomic E-state index is -0.428. The molecule has 1 aliphatic heterocycles. The lowest BCUT2D eigenvalue weighted by Crippen LogP contribution is -2.40. The highest BCUT2D eigenvalue weighted by molar-refractivity contribution is 5.94. The Morgan fingerprint density at radius 1 is 1.53 bits per heavy atom. The number of carbonyl (C=O) groups is 1. The van der Waals surface area contributed by atoms with Gasteiger partial charge in [-0.25, -0.2) is 4.79 Å². The summed E-state index contributed by atoms with van der Waals surface area (Å²) in [5.74, 6) is 0. The van der Waals surface area contributed by atoms with Crippen LogP contribution in [0.3, 0.4) is 0 Å². The summed E-state index contributed by atoms with van der Waals surface area (Å²) in [4.78, 5) is 17.7. The molecule has 15 heavy (non-hydrogen) atoms. The van der Waals surface area contributed by atoms with Crippen LogP contribution in [0.1, 0.15) is 34.1 Å². The van der Waals surface area contributed by atoms with Gasteiger partial charge in [-0.2, -0.15) is 0 Å². The summed E-state index contributed by atoms with van der Waals surface area (Å²) in [7, 11) is 1.77. The van der Waals surface area contributed by atoms with Crippen molar-refractivity contribution < 1.29 is 9.53 Å². The first-order valence-electron chi connectivity index (χ1n) is 5.30. The van der Waals surface area contributed by atoms with Gasteiger partial charge in [0.05, 0.1) is 6.04 Å². The van der Waals surface area contributed by atoms with Crippen LogP contribution in [0.5, 0.6) is 0 Å². The number of rotatable bonds is 0. The van der Waals surface area contributed by atoms with Crippen molar-refractivity contribution in [3.05, 3.63) is 0 Å². The highest BCUT2D eigenvalue weighted by atomic mass is 16.6. The Balaban J connectivity index is 2.63. The van der Waals surface area contributed by atoms with Gasteiger partial charge in [-0.1, -0.05) is 0 Å². The first kappa shape index (κ1) is 12.0. The van der Waals surface area contributed by atoms with Crippen molar-refractivity contribution in [2.24, 2.45) is 4.99 Å². The zero-order valence-electron chi connectivity index (χ0n) is 10.2. The summed E-state index contributed by atoms with van der Waals surface area (Å²) in [5.41, 5.74) is 0.643. The van der Waals surface area contributed by atoms with Gasteiger partial charge in [0.25, 0.3) is 0 Å². The molecular weight excluding hydrogens is 192 g/mol. The van der Waals surface area contributed by atoms with E-state index in [-0.39, 0.29) is 12.1 Å². The van der Waals surface area contributed by atoms with E-state index in [1.807, 2.05) is 27.7 Å². The Kier molecular flexibility index (Phi) is 3.37. The van der Waals surface area contributed by atoms with E-state index in [9.17, 15) is 4.79 Å². The zero-order chi connectivity index (χ0) is 11.6. The van der Waals surface area contributed by atoms with E-state index in [0.717, 1.165) is 12.1 Å². The summed E-state index contributed by atoms with van der Waals surface area (Å²) in [6.07, 6.45) is 0.616. The minimum Gasteiger partial charge on any atom is -0.444 e. The maximum atomic E-state index is 11.8. The minimum absolute atomic E-state index is 0.0739. The molecule has 0 bridgehead atoms. The number of amides is 1. The Hall–Kier alpha value is -1.06. The molecule has 1 amide bonds. The second-order valence-corrected chi connectivity index (χ2v) is 4.81. The van der Waals surface area contributed by atoms with Crippen LogP contribution in [-0.4, -0.2) is 41.9 Å². The van der Waals surface area contributed by atoms with E-state index in [0.29, 0.717) is 6.54 Å². The molecule has 4 heteroatoms. The topological polar surface area (TPSA) is 41.9 Å². The number of carbonyl (C=O) groups excluding carboxylic acids is 1. The molecule has 86 valence electrons. The summed E-state index contributed by atoms with van der Waals surface area (Å²) >= 11 is 0. The van der Waals surface area contributed by atoms with Crippen molar-refractivity contribution in [1.29, 1.82) is 0 Å². The molecule has 0 aromatic heterocycles. The molecular formula is C11H20N2O2. The second kappa shape index (κ2) is 4.21. The second-order valence-electron chi connectivity index (χ2n) is 4.81. The van der Waals surface area contributed by atoms with Gasteiger partial charge in [0.15, 0.2) is 0 Å². The fourth-order valence-electron chi connectivity index (χ4n) is 1.69. The standard InChI is InChI=1S/C11H20N2O2/c1-8-9(12-5)6-7-13(8)10(14)15-11(2,3)4/h8H,6-7H2,1-5H3. The molecule has 1 aliphatic rings. The van der Waals surface area contributed by atoms with E-state index < -0.39 is 5.60 Å². The smallest absolute Gasteiger partial charge is 0.410 e. The molecule has 1 atom stereocenters. The number of nitrogens with zero attached hydrogens (tertiary/aromatic N) is 2. The van der Waals surface area contributed by atoms with Gasteiger partial charge in [-0.15, -0.1) is 0 Å². The molecule has 1 rings (SSSR count). The third-order valence-corrected chi connectivity index (χ3v) is 2.47. The van der Waals surface area contributed by atoms with Crippen LogP contribution in [0.25, 0.3) is 0 Å². The molecule has 0 aliphatic carbocycles. The predicted molar refractivity (Wildman–Crippen MR) is 60.4 cm³/mol.